The van der Waals surface area contributed by atoms with Crippen molar-refractivity contribution in [1.82, 2.24) is 0 Å². The number of hydrogen-bond acceptors (Lipinski definition) is 4. The van der Waals surface area contributed by atoms with Gasteiger partial charge in [-0.3, -0.25) is 4.79 Å². The number of benzene rings is 2. The lowest BCUT2D eigenvalue weighted by Crippen LogP contribution is -2.21. The molecular formula is C17H16ClNO4. The number of aryl methyl sites for hydroxylation is 2. The summed E-state index contributed by atoms with van der Waals surface area (Å²) in [5.41, 5.74) is 2.23. The quantitative estimate of drug-likeness (QED) is 0.840. The minimum Gasteiger partial charge on any atom is -0.507 e. The molecule has 0 aliphatic heterocycles. The van der Waals surface area contributed by atoms with E-state index in [-0.39, 0.29) is 11.3 Å². The van der Waals surface area contributed by atoms with Gasteiger partial charge < -0.3 is 15.2 Å². The first kappa shape index (κ1) is 16.8. The van der Waals surface area contributed by atoms with E-state index in [1.807, 2.05) is 6.92 Å². The van der Waals surface area contributed by atoms with Crippen molar-refractivity contribution in [1.29, 1.82) is 0 Å². The van der Waals surface area contributed by atoms with Crippen LogP contribution in [0.4, 0.5) is 5.69 Å². The Morgan fingerprint density at radius 3 is 2.61 bits per heavy atom. The number of carbonyl (C=O) groups is 2. The number of aromatic hydroxyl groups is 1. The van der Waals surface area contributed by atoms with E-state index in [1.54, 1.807) is 31.2 Å². The Bertz CT molecular complexity index is 758. The van der Waals surface area contributed by atoms with Gasteiger partial charge in [-0.25, -0.2) is 4.79 Å². The lowest BCUT2D eigenvalue weighted by Gasteiger charge is -2.09. The summed E-state index contributed by atoms with van der Waals surface area (Å²) in [5, 5.41) is 12.8. The minimum atomic E-state index is -0.761. The van der Waals surface area contributed by atoms with Gasteiger partial charge in [-0.05, 0) is 43.7 Å². The van der Waals surface area contributed by atoms with Crippen LogP contribution in [0.3, 0.4) is 0 Å². The molecule has 0 unspecified atom stereocenters. The van der Waals surface area contributed by atoms with Crippen molar-refractivity contribution >= 4 is 29.2 Å². The fourth-order valence-corrected chi connectivity index (χ4v) is 2.07. The summed E-state index contributed by atoms with van der Waals surface area (Å²) in [6.07, 6.45) is 0. The molecule has 0 aromatic heterocycles. The zero-order valence-corrected chi connectivity index (χ0v) is 13.5. The smallest absolute Gasteiger partial charge is 0.342 e. The molecule has 0 saturated carbocycles. The number of carbonyl (C=O) groups excluding carboxylic acids is 2. The molecule has 2 aromatic rings. The molecule has 0 fully saturated rings. The number of esters is 1. The highest BCUT2D eigenvalue weighted by molar-refractivity contribution is 6.31. The van der Waals surface area contributed by atoms with Gasteiger partial charge in [0, 0.05) is 10.7 Å². The van der Waals surface area contributed by atoms with Crippen molar-refractivity contribution < 1.29 is 19.4 Å². The molecule has 23 heavy (non-hydrogen) atoms. The van der Waals surface area contributed by atoms with Crippen LogP contribution in [-0.4, -0.2) is 23.6 Å². The highest BCUT2D eigenvalue weighted by Crippen LogP contribution is 2.20. The van der Waals surface area contributed by atoms with Crippen LogP contribution >= 0.6 is 11.6 Å². The number of phenols is 1. The molecule has 0 spiro atoms. The molecule has 2 aromatic carbocycles. The number of anilines is 1. The molecule has 0 aliphatic rings. The third-order valence-corrected chi connectivity index (χ3v) is 3.57. The van der Waals surface area contributed by atoms with E-state index in [4.69, 9.17) is 16.3 Å². The van der Waals surface area contributed by atoms with Crippen molar-refractivity contribution in [2.75, 3.05) is 11.9 Å². The van der Waals surface area contributed by atoms with Gasteiger partial charge in [0.05, 0.1) is 0 Å². The molecule has 2 rings (SSSR count). The Balaban J connectivity index is 1.94. The number of amides is 1. The summed E-state index contributed by atoms with van der Waals surface area (Å²) < 4.78 is 4.91. The van der Waals surface area contributed by atoms with Gasteiger partial charge in [0.25, 0.3) is 5.91 Å². The van der Waals surface area contributed by atoms with Crippen LogP contribution in [0, 0.1) is 13.8 Å². The van der Waals surface area contributed by atoms with E-state index in [2.05, 4.69) is 5.32 Å². The Hall–Kier alpha value is -2.53. The molecule has 120 valence electrons. The average molecular weight is 334 g/mol. The first-order valence-electron chi connectivity index (χ1n) is 6.89. The van der Waals surface area contributed by atoms with Crippen LogP contribution < -0.4 is 5.32 Å². The van der Waals surface area contributed by atoms with Crippen molar-refractivity contribution in [2.24, 2.45) is 0 Å². The fourth-order valence-electron chi connectivity index (χ4n) is 1.89. The number of rotatable bonds is 4. The van der Waals surface area contributed by atoms with E-state index < -0.39 is 18.5 Å². The molecule has 0 saturated heterocycles. The summed E-state index contributed by atoms with van der Waals surface area (Å²) in [5.74, 6) is -1.44. The highest BCUT2D eigenvalue weighted by atomic mass is 35.5. The van der Waals surface area contributed by atoms with Gasteiger partial charge in [-0.2, -0.15) is 0 Å². The molecule has 0 radical (unpaired) electrons. The Morgan fingerprint density at radius 1 is 1.17 bits per heavy atom. The molecule has 0 atom stereocenters. The number of nitrogens with one attached hydrogen (secondary N) is 1. The third-order valence-electron chi connectivity index (χ3n) is 3.16. The Labute approximate surface area is 138 Å². The summed E-state index contributed by atoms with van der Waals surface area (Å²) in [4.78, 5) is 23.7. The van der Waals surface area contributed by atoms with Gasteiger partial charge in [-0.1, -0.05) is 29.3 Å². The van der Waals surface area contributed by atoms with E-state index in [1.165, 1.54) is 12.1 Å². The second kappa shape index (κ2) is 7.15. The predicted molar refractivity (Wildman–Crippen MR) is 87.9 cm³/mol. The van der Waals surface area contributed by atoms with E-state index in [9.17, 15) is 14.7 Å². The maximum absolute atomic E-state index is 11.9. The molecule has 2 N–H and O–H groups in total. The maximum Gasteiger partial charge on any atom is 0.342 e. The molecule has 1 amide bonds. The summed E-state index contributed by atoms with van der Waals surface area (Å²) in [7, 11) is 0. The van der Waals surface area contributed by atoms with E-state index in [0.29, 0.717) is 10.7 Å². The van der Waals surface area contributed by atoms with E-state index >= 15 is 0 Å². The normalized spacial score (nSPS) is 10.2. The van der Waals surface area contributed by atoms with Crippen molar-refractivity contribution in [3.05, 3.63) is 58.1 Å². The zero-order chi connectivity index (χ0) is 17.0. The monoisotopic (exact) mass is 333 g/mol. The van der Waals surface area contributed by atoms with Crippen LogP contribution in [0.15, 0.2) is 36.4 Å². The summed E-state index contributed by atoms with van der Waals surface area (Å²) in [6.45, 7) is 3.17. The van der Waals surface area contributed by atoms with Crippen LogP contribution in [0.2, 0.25) is 5.02 Å². The molecule has 0 bridgehead atoms. The zero-order valence-electron chi connectivity index (χ0n) is 12.7. The summed E-state index contributed by atoms with van der Waals surface area (Å²) in [6, 6.07) is 9.65. The van der Waals surface area contributed by atoms with Gasteiger partial charge in [0.15, 0.2) is 6.61 Å². The van der Waals surface area contributed by atoms with Crippen molar-refractivity contribution in [3.8, 4) is 5.75 Å². The van der Waals surface area contributed by atoms with E-state index in [0.717, 1.165) is 11.1 Å². The van der Waals surface area contributed by atoms with Gasteiger partial charge in [-0.15, -0.1) is 0 Å². The highest BCUT2D eigenvalue weighted by Gasteiger charge is 2.14. The van der Waals surface area contributed by atoms with Crippen LogP contribution in [0.1, 0.15) is 21.5 Å². The first-order valence-corrected chi connectivity index (χ1v) is 7.27. The Morgan fingerprint density at radius 2 is 1.91 bits per heavy atom. The number of halogens is 1. The number of hydrogen-bond donors (Lipinski definition) is 2. The topological polar surface area (TPSA) is 75.6 Å². The van der Waals surface area contributed by atoms with Crippen LogP contribution in [-0.2, 0) is 9.53 Å². The maximum atomic E-state index is 11.9. The summed E-state index contributed by atoms with van der Waals surface area (Å²) >= 11 is 5.97. The van der Waals surface area contributed by atoms with Gasteiger partial charge in [0.2, 0.25) is 0 Å². The number of ether oxygens (including phenoxy) is 1. The standard InChI is InChI=1S/C17H16ClNO4/c1-10-3-6-15(20)13(7-10)17(22)23-9-16(21)19-12-5-4-11(2)14(18)8-12/h3-8,20H,9H2,1-2H3,(H,19,21). The SMILES string of the molecule is Cc1ccc(O)c(C(=O)OCC(=O)Nc2ccc(C)c(Cl)c2)c1. The van der Waals surface area contributed by atoms with Gasteiger partial charge in [0.1, 0.15) is 11.3 Å². The predicted octanol–water partition coefficient (Wildman–Crippen LogP) is 3.46. The molecule has 0 aliphatic carbocycles. The fraction of sp³-hybridized carbons (Fsp3) is 0.176. The molecular weight excluding hydrogens is 318 g/mol. The lowest BCUT2D eigenvalue weighted by molar-refractivity contribution is -0.119. The Kier molecular flexibility index (Phi) is 5.24. The lowest BCUT2D eigenvalue weighted by atomic mass is 10.1. The second-order valence-corrected chi connectivity index (χ2v) is 5.52. The first-order chi connectivity index (χ1) is 10.9. The van der Waals surface area contributed by atoms with Gasteiger partial charge >= 0.3 is 5.97 Å². The number of phenolic OH excluding ortho intramolecular Hbond substituents is 1. The largest absolute Gasteiger partial charge is 0.507 e. The van der Waals surface area contributed by atoms with Crippen LogP contribution in [0.25, 0.3) is 0 Å². The minimum absolute atomic E-state index is 0.0242. The second-order valence-electron chi connectivity index (χ2n) is 5.11. The average Bonchev–Trinajstić information content (AvgIpc) is 2.51. The van der Waals surface area contributed by atoms with Crippen LogP contribution in [0.5, 0.6) is 5.75 Å². The van der Waals surface area contributed by atoms with Crippen molar-refractivity contribution in [3.63, 3.8) is 0 Å². The third kappa shape index (κ3) is 4.47. The molecule has 0 heterocycles. The van der Waals surface area contributed by atoms with Crippen molar-refractivity contribution in [2.45, 2.75) is 13.8 Å². The molecule has 5 nitrogen and oxygen atoms in total. The molecule has 6 heteroatoms.